The van der Waals surface area contributed by atoms with Crippen LogP contribution in [0.2, 0.25) is 0 Å². The molecule has 3 rings (SSSR count). The molecule has 2 fully saturated rings. The van der Waals surface area contributed by atoms with Gasteiger partial charge in [-0.05, 0) is 32.0 Å². The van der Waals surface area contributed by atoms with Gasteiger partial charge in [-0.25, -0.2) is 4.98 Å². The van der Waals surface area contributed by atoms with Crippen LogP contribution in [0, 0.1) is 5.92 Å². The molecule has 0 bridgehead atoms. The molecule has 0 saturated carbocycles. The van der Waals surface area contributed by atoms with Crippen LogP contribution in [0.25, 0.3) is 0 Å². The quantitative estimate of drug-likeness (QED) is 0.818. The third-order valence-corrected chi connectivity index (χ3v) is 5.53. The SMILES string of the molecule is CN1CCN(C(=O)C2CCN(c3ccc(C(F)(F)F)cn3)CC2)CC1C(N)=O. The average Bonchev–Trinajstić information content (AvgIpc) is 2.67. The second kappa shape index (κ2) is 7.94. The summed E-state index contributed by atoms with van der Waals surface area (Å²) >= 11 is 0. The number of carbonyl (C=O) groups excluding carboxylic acids is 2. The van der Waals surface area contributed by atoms with Crippen molar-refractivity contribution in [2.75, 3.05) is 44.7 Å². The maximum atomic E-state index is 12.8. The molecule has 0 aromatic carbocycles. The molecule has 3 heterocycles. The number of pyridine rings is 1. The van der Waals surface area contributed by atoms with E-state index in [4.69, 9.17) is 5.73 Å². The minimum Gasteiger partial charge on any atom is -0.368 e. The normalized spacial score (nSPS) is 22.4. The standard InChI is InChI=1S/C18H24F3N5O2/c1-24-8-9-26(11-14(24)16(22)27)17(28)12-4-6-25(7-5-12)15-3-2-13(10-23-15)18(19,20)21/h2-3,10,12,14H,4-9,11H2,1H3,(H2,22,27). The largest absolute Gasteiger partial charge is 0.417 e. The van der Waals surface area contributed by atoms with Gasteiger partial charge in [0.1, 0.15) is 11.9 Å². The van der Waals surface area contributed by atoms with Crippen LogP contribution in [0.4, 0.5) is 19.0 Å². The number of piperazine rings is 1. The number of hydrogen-bond donors (Lipinski definition) is 1. The molecule has 2 amide bonds. The van der Waals surface area contributed by atoms with Gasteiger partial charge in [0.2, 0.25) is 11.8 Å². The number of alkyl halides is 3. The Bertz CT molecular complexity index is 717. The van der Waals surface area contributed by atoms with Crippen molar-refractivity contribution in [1.29, 1.82) is 0 Å². The predicted octanol–water partition coefficient (Wildman–Crippen LogP) is 0.945. The van der Waals surface area contributed by atoms with Crippen molar-refractivity contribution in [1.82, 2.24) is 14.8 Å². The van der Waals surface area contributed by atoms with Gasteiger partial charge in [-0.3, -0.25) is 14.5 Å². The zero-order chi connectivity index (χ0) is 20.5. The summed E-state index contributed by atoms with van der Waals surface area (Å²) in [5, 5.41) is 0. The van der Waals surface area contributed by atoms with Gasteiger partial charge >= 0.3 is 6.18 Å². The Morgan fingerprint density at radius 2 is 1.82 bits per heavy atom. The number of aromatic nitrogens is 1. The van der Waals surface area contributed by atoms with Crippen molar-refractivity contribution in [3.8, 4) is 0 Å². The van der Waals surface area contributed by atoms with Crippen LogP contribution < -0.4 is 10.6 Å². The van der Waals surface area contributed by atoms with E-state index in [0.29, 0.717) is 51.4 Å². The lowest BCUT2D eigenvalue weighted by Gasteiger charge is -2.40. The van der Waals surface area contributed by atoms with E-state index in [2.05, 4.69) is 4.98 Å². The van der Waals surface area contributed by atoms with Crippen molar-refractivity contribution < 1.29 is 22.8 Å². The fourth-order valence-electron chi connectivity index (χ4n) is 3.74. The summed E-state index contributed by atoms with van der Waals surface area (Å²) in [5.74, 6) is -0.113. The van der Waals surface area contributed by atoms with Crippen molar-refractivity contribution in [3.63, 3.8) is 0 Å². The number of halogens is 3. The number of nitrogens with zero attached hydrogens (tertiary/aromatic N) is 4. The number of anilines is 1. The maximum Gasteiger partial charge on any atom is 0.417 e. The maximum absolute atomic E-state index is 12.8. The van der Waals surface area contributed by atoms with Crippen LogP contribution >= 0.6 is 0 Å². The fourth-order valence-corrected chi connectivity index (χ4v) is 3.74. The number of carbonyl (C=O) groups is 2. The first-order valence-corrected chi connectivity index (χ1v) is 9.23. The fraction of sp³-hybridized carbons (Fsp3) is 0.611. The first-order valence-electron chi connectivity index (χ1n) is 9.23. The summed E-state index contributed by atoms with van der Waals surface area (Å²) in [6.07, 6.45) is -2.39. The highest BCUT2D eigenvalue weighted by Crippen LogP contribution is 2.30. The molecule has 1 unspecified atom stereocenters. The minimum atomic E-state index is -4.41. The highest BCUT2D eigenvalue weighted by atomic mass is 19.4. The summed E-state index contributed by atoms with van der Waals surface area (Å²) in [6.45, 7) is 2.53. The monoisotopic (exact) mass is 399 g/mol. The lowest BCUT2D eigenvalue weighted by atomic mass is 9.94. The molecule has 2 aliphatic heterocycles. The van der Waals surface area contributed by atoms with Gasteiger partial charge in [-0.2, -0.15) is 13.2 Å². The first-order chi connectivity index (χ1) is 13.2. The van der Waals surface area contributed by atoms with E-state index in [1.165, 1.54) is 6.07 Å². The molecular weight excluding hydrogens is 375 g/mol. The Balaban J connectivity index is 1.56. The molecule has 0 spiro atoms. The van der Waals surface area contributed by atoms with Gasteiger partial charge in [0.15, 0.2) is 0 Å². The summed E-state index contributed by atoms with van der Waals surface area (Å²) < 4.78 is 38.0. The number of rotatable bonds is 3. The van der Waals surface area contributed by atoms with E-state index in [1.807, 2.05) is 16.8 Å². The van der Waals surface area contributed by atoms with Gasteiger partial charge in [0.05, 0.1) is 5.56 Å². The molecule has 0 aliphatic carbocycles. The molecule has 1 aromatic rings. The van der Waals surface area contributed by atoms with Gasteiger partial charge in [-0.15, -0.1) is 0 Å². The number of amides is 2. The first kappa shape index (κ1) is 20.4. The van der Waals surface area contributed by atoms with E-state index in [-0.39, 0.29) is 11.8 Å². The molecule has 2 aliphatic rings. The van der Waals surface area contributed by atoms with Gasteiger partial charge in [0.25, 0.3) is 0 Å². The lowest BCUT2D eigenvalue weighted by molar-refractivity contribution is -0.141. The van der Waals surface area contributed by atoms with Crippen LogP contribution in [0.3, 0.4) is 0 Å². The summed E-state index contributed by atoms with van der Waals surface area (Å²) in [4.78, 5) is 33.7. The second-order valence-corrected chi connectivity index (χ2v) is 7.35. The summed E-state index contributed by atoms with van der Waals surface area (Å²) in [5.41, 5.74) is 4.64. The number of nitrogens with two attached hydrogens (primary N) is 1. The molecule has 1 aromatic heterocycles. The Kier molecular flexibility index (Phi) is 5.78. The topological polar surface area (TPSA) is 82.8 Å². The van der Waals surface area contributed by atoms with Crippen LogP contribution in [-0.4, -0.2) is 72.4 Å². The van der Waals surface area contributed by atoms with E-state index in [9.17, 15) is 22.8 Å². The molecule has 28 heavy (non-hydrogen) atoms. The Morgan fingerprint density at radius 3 is 2.36 bits per heavy atom. The van der Waals surface area contributed by atoms with Gasteiger partial charge < -0.3 is 15.5 Å². The zero-order valence-electron chi connectivity index (χ0n) is 15.7. The Labute approximate surface area is 161 Å². The second-order valence-electron chi connectivity index (χ2n) is 7.35. The number of piperidine rings is 1. The van der Waals surface area contributed by atoms with E-state index >= 15 is 0 Å². The minimum absolute atomic E-state index is 0.0133. The van der Waals surface area contributed by atoms with Crippen molar-refractivity contribution >= 4 is 17.6 Å². The molecule has 1 atom stereocenters. The zero-order valence-corrected chi connectivity index (χ0v) is 15.7. The third kappa shape index (κ3) is 4.37. The van der Waals surface area contributed by atoms with Crippen molar-refractivity contribution in [2.24, 2.45) is 11.7 Å². The molecule has 7 nitrogen and oxygen atoms in total. The predicted molar refractivity (Wildman–Crippen MR) is 96.4 cm³/mol. The summed E-state index contributed by atoms with van der Waals surface area (Å²) in [7, 11) is 1.81. The summed E-state index contributed by atoms with van der Waals surface area (Å²) in [6, 6.07) is 1.91. The number of primary amides is 1. The van der Waals surface area contributed by atoms with Crippen molar-refractivity contribution in [2.45, 2.75) is 25.1 Å². The van der Waals surface area contributed by atoms with Crippen LogP contribution in [-0.2, 0) is 15.8 Å². The molecule has 2 N–H and O–H groups in total. The smallest absolute Gasteiger partial charge is 0.368 e. The van der Waals surface area contributed by atoms with E-state index in [0.717, 1.165) is 12.3 Å². The molecule has 10 heteroatoms. The van der Waals surface area contributed by atoms with E-state index in [1.54, 1.807) is 4.90 Å². The Morgan fingerprint density at radius 1 is 1.14 bits per heavy atom. The molecule has 2 saturated heterocycles. The van der Waals surface area contributed by atoms with E-state index < -0.39 is 23.7 Å². The Hall–Kier alpha value is -2.36. The van der Waals surface area contributed by atoms with Crippen LogP contribution in [0.1, 0.15) is 18.4 Å². The molecular formula is C18H24F3N5O2. The van der Waals surface area contributed by atoms with Crippen LogP contribution in [0.5, 0.6) is 0 Å². The van der Waals surface area contributed by atoms with Gasteiger partial charge in [0, 0.05) is 44.8 Å². The van der Waals surface area contributed by atoms with Gasteiger partial charge in [-0.1, -0.05) is 0 Å². The highest BCUT2D eigenvalue weighted by Gasteiger charge is 2.35. The number of hydrogen-bond acceptors (Lipinski definition) is 5. The van der Waals surface area contributed by atoms with Crippen LogP contribution in [0.15, 0.2) is 18.3 Å². The molecule has 0 radical (unpaired) electrons. The van der Waals surface area contributed by atoms with Crippen molar-refractivity contribution in [3.05, 3.63) is 23.9 Å². The third-order valence-electron chi connectivity index (χ3n) is 5.53. The average molecular weight is 399 g/mol. The lowest BCUT2D eigenvalue weighted by Crippen LogP contribution is -2.59. The molecule has 154 valence electrons. The highest BCUT2D eigenvalue weighted by molar-refractivity contribution is 5.83. The number of likely N-dealkylation sites (N-methyl/N-ethyl adjacent to an activating group) is 1.